The van der Waals surface area contributed by atoms with E-state index in [9.17, 15) is 13.6 Å². The third-order valence-corrected chi connectivity index (χ3v) is 3.89. The molecule has 2 aromatic carbocycles. The lowest BCUT2D eigenvalue weighted by Gasteiger charge is -2.19. The third kappa shape index (κ3) is 4.88. The van der Waals surface area contributed by atoms with Gasteiger partial charge in [0, 0.05) is 39.3 Å². The van der Waals surface area contributed by atoms with Crippen LogP contribution in [0.1, 0.15) is 27.0 Å². The van der Waals surface area contributed by atoms with E-state index in [0.29, 0.717) is 11.1 Å². The van der Waals surface area contributed by atoms with Gasteiger partial charge in [0.1, 0.15) is 11.6 Å². The fourth-order valence-corrected chi connectivity index (χ4v) is 2.60. The number of nitrogens with zero attached hydrogens (tertiary/aromatic N) is 3. The Morgan fingerprint density at radius 3 is 2.19 bits per heavy atom. The lowest BCUT2D eigenvalue weighted by molar-refractivity contribution is 0.0784. The molecular formula is C20H23F2N3O. The largest absolute Gasteiger partial charge is 0.369 e. The van der Waals surface area contributed by atoms with Crippen molar-refractivity contribution in [3.05, 3.63) is 64.2 Å². The maximum atomic E-state index is 13.3. The minimum atomic E-state index is -0.656. The topological polar surface area (TPSA) is 35.9 Å². The normalized spacial score (nSPS) is 11.0. The van der Waals surface area contributed by atoms with E-state index in [1.54, 1.807) is 19.5 Å². The Bertz CT molecular complexity index is 827. The van der Waals surface area contributed by atoms with Crippen molar-refractivity contribution in [2.45, 2.75) is 20.4 Å². The number of hydrogen-bond donors (Lipinski definition) is 0. The molecule has 2 aromatic rings. The summed E-state index contributed by atoms with van der Waals surface area (Å²) in [5.41, 5.74) is 3.42. The Kier molecular flexibility index (Phi) is 6.08. The maximum absolute atomic E-state index is 13.3. The molecule has 2 rings (SSSR count). The van der Waals surface area contributed by atoms with Crippen LogP contribution in [0.4, 0.5) is 14.5 Å². The van der Waals surface area contributed by atoms with Crippen molar-refractivity contribution in [3.63, 3.8) is 0 Å². The van der Waals surface area contributed by atoms with Gasteiger partial charge in [0.2, 0.25) is 0 Å². The fourth-order valence-electron chi connectivity index (χ4n) is 2.60. The number of benzene rings is 2. The average Bonchev–Trinajstić information content (AvgIpc) is 2.53. The van der Waals surface area contributed by atoms with Gasteiger partial charge in [0.25, 0.3) is 5.91 Å². The summed E-state index contributed by atoms with van der Waals surface area (Å²) in [6, 6.07) is 6.92. The maximum Gasteiger partial charge on any atom is 0.254 e. The average molecular weight is 359 g/mol. The molecule has 0 saturated carbocycles. The number of aliphatic imine (C=N–C) groups is 1. The van der Waals surface area contributed by atoms with Gasteiger partial charge in [-0.3, -0.25) is 4.79 Å². The van der Waals surface area contributed by atoms with E-state index >= 15 is 0 Å². The second-order valence-corrected chi connectivity index (χ2v) is 6.60. The van der Waals surface area contributed by atoms with E-state index in [1.807, 2.05) is 38.9 Å². The second-order valence-electron chi connectivity index (χ2n) is 6.60. The van der Waals surface area contributed by atoms with Gasteiger partial charge in [-0.25, -0.2) is 13.8 Å². The molecule has 0 N–H and O–H groups in total. The van der Waals surface area contributed by atoms with Gasteiger partial charge < -0.3 is 9.80 Å². The van der Waals surface area contributed by atoms with Crippen molar-refractivity contribution in [3.8, 4) is 0 Å². The number of carbonyl (C=O) groups excluding carboxylic acids is 1. The zero-order chi connectivity index (χ0) is 19.4. The molecule has 1 amide bonds. The van der Waals surface area contributed by atoms with Crippen molar-refractivity contribution < 1.29 is 13.6 Å². The third-order valence-electron chi connectivity index (χ3n) is 3.89. The van der Waals surface area contributed by atoms with Crippen LogP contribution < -0.4 is 0 Å². The first-order valence-corrected chi connectivity index (χ1v) is 8.19. The Morgan fingerprint density at radius 1 is 1.00 bits per heavy atom. The number of amides is 1. The van der Waals surface area contributed by atoms with Crippen LogP contribution in [-0.4, -0.2) is 43.2 Å². The standard InChI is InChI=1S/C20H23F2N3O/c1-13-7-19(23-12-24(3)4)14(2)6-18(13)20(26)25(5)11-15-8-16(21)10-17(22)9-15/h6-10,12H,11H2,1-5H3. The highest BCUT2D eigenvalue weighted by atomic mass is 19.1. The molecule has 0 fully saturated rings. The summed E-state index contributed by atoms with van der Waals surface area (Å²) in [7, 11) is 5.37. The summed E-state index contributed by atoms with van der Waals surface area (Å²) in [5, 5.41) is 0. The number of carbonyl (C=O) groups is 1. The van der Waals surface area contributed by atoms with Crippen molar-refractivity contribution in [2.75, 3.05) is 21.1 Å². The highest BCUT2D eigenvalue weighted by Crippen LogP contribution is 2.24. The molecular weight excluding hydrogens is 336 g/mol. The molecule has 26 heavy (non-hydrogen) atoms. The molecule has 0 saturated heterocycles. The van der Waals surface area contributed by atoms with Crippen molar-refractivity contribution >= 4 is 17.9 Å². The molecule has 138 valence electrons. The molecule has 0 aliphatic carbocycles. The van der Waals surface area contributed by atoms with Crippen LogP contribution in [0.3, 0.4) is 0 Å². The summed E-state index contributed by atoms with van der Waals surface area (Å²) >= 11 is 0. The van der Waals surface area contributed by atoms with Gasteiger partial charge in [0.05, 0.1) is 12.0 Å². The highest BCUT2D eigenvalue weighted by molar-refractivity contribution is 5.96. The summed E-state index contributed by atoms with van der Waals surface area (Å²) in [5.74, 6) is -1.52. The zero-order valence-corrected chi connectivity index (χ0v) is 15.7. The molecule has 0 aliphatic heterocycles. The van der Waals surface area contributed by atoms with Gasteiger partial charge in [-0.1, -0.05) is 0 Å². The van der Waals surface area contributed by atoms with Crippen LogP contribution in [-0.2, 0) is 6.54 Å². The van der Waals surface area contributed by atoms with Crippen molar-refractivity contribution in [1.82, 2.24) is 9.80 Å². The van der Waals surface area contributed by atoms with Crippen LogP contribution >= 0.6 is 0 Å². The summed E-state index contributed by atoms with van der Waals surface area (Å²) in [6.07, 6.45) is 1.70. The molecule has 6 heteroatoms. The van der Waals surface area contributed by atoms with Crippen LogP contribution in [0.2, 0.25) is 0 Å². The quantitative estimate of drug-likeness (QED) is 0.596. The first-order valence-electron chi connectivity index (χ1n) is 8.19. The molecule has 0 bridgehead atoms. The zero-order valence-electron chi connectivity index (χ0n) is 15.7. The molecule has 0 aromatic heterocycles. The second kappa shape index (κ2) is 8.08. The SMILES string of the molecule is Cc1cc(C(=O)N(C)Cc2cc(F)cc(F)c2)c(C)cc1N=CN(C)C. The lowest BCUT2D eigenvalue weighted by Crippen LogP contribution is -2.27. The summed E-state index contributed by atoms with van der Waals surface area (Å²) in [4.78, 5) is 20.4. The van der Waals surface area contributed by atoms with Crippen LogP contribution in [0.5, 0.6) is 0 Å². The van der Waals surface area contributed by atoms with E-state index in [4.69, 9.17) is 0 Å². The number of rotatable bonds is 5. The van der Waals surface area contributed by atoms with E-state index < -0.39 is 11.6 Å². The number of hydrogen-bond acceptors (Lipinski definition) is 2. The molecule has 0 unspecified atom stereocenters. The molecule has 0 heterocycles. The molecule has 4 nitrogen and oxygen atoms in total. The molecule has 0 radical (unpaired) electrons. The van der Waals surface area contributed by atoms with Crippen molar-refractivity contribution in [2.24, 2.45) is 4.99 Å². The van der Waals surface area contributed by atoms with Gasteiger partial charge in [0.15, 0.2) is 0 Å². The van der Waals surface area contributed by atoms with Crippen molar-refractivity contribution in [1.29, 1.82) is 0 Å². The van der Waals surface area contributed by atoms with Gasteiger partial charge in [-0.05, 0) is 54.8 Å². The van der Waals surface area contributed by atoms with Gasteiger partial charge in [-0.2, -0.15) is 0 Å². The minimum absolute atomic E-state index is 0.118. The Balaban J connectivity index is 2.24. The monoisotopic (exact) mass is 359 g/mol. The van der Waals surface area contributed by atoms with E-state index in [0.717, 1.165) is 22.9 Å². The van der Waals surface area contributed by atoms with E-state index in [2.05, 4.69) is 4.99 Å². The Morgan fingerprint density at radius 2 is 1.62 bits per heavy atom. The van der Waals surface area contributed by atoms with E-state index in [1.165, 1.54) is 17.0 Å². The van der Waals surface area contributed by atoms with Crippen LogP contribution in [0.25, 0.3) is 0 Å². The van der Waals surface area contributed by atoms with Gasteiger partial charge >= 0.3 is 0 Å². The molecule has 0 atom stereocenters. The van der Waals surface area contributed by atoms with Gasteiger partial charge in [-0.15, -0.1) is 0 Å². The Labute approximate surface area is 152 Å². The van der Waals surface area contributed by atoms with Crippen LogP contribution in [0, 0.1) is 25.5 Å². The highest BCUT2D eigenvalue weighted by Gasteiger charge is 2.17. The number of aryl methyl sites for hydroxylation is 2. The first kappa shape index (κ1) is 19.6. The number of halogens is 2. The molecule has 0 spiro atoms. The fraction of sp³-hybridized carbons (Fsp3) is 0.300. The predicted octanol–water partition coefficient (Wildman–Crippen LogP) is 4.08. The van der Waals surface area contributed by atoms with Crippen LogP contribution in [0.15, 0.2) is 35.3 Å². The smallest absolute Gasteiger partial charge is 0.254 e. The first-order chi connectivity index (χ1) is 12.2. The Hall–Kier alpha value is -2.76. The predicted molar refractivity (Wildman–Crippen MR) is 99.9 cm³/mol. The minimum Gasteiger partial charge on any atom is -0.369 e. The summed E-state index contributed by atoms with van der Waals surface area (Å²) < 4.78 is 26.7. The molecule has 0 aliphatic rings. The van der Waals surface area contributed by atoms with E-state index in [-0.39, 0.29) is 12.5 Å². The summed E-state index contributed by atoms with van der Waals surface area (Å²) in [6.45, 7) is 3.85. The lowest BCUT2D eigenvalue weighted by atomic mass is 10.0.